The summed E-state index contributed by atoms with van der Waals surface area (Å²) in [6.45, 7) is 1.08. The fourth-order valence-corrected chi connectivity index (χ4v) is 4.12. The molecule has 1 amide bonds. The van der Waals surface area contributed by atoms with Gasteiger partial charge < -0.3 is 4.90 Å². The first-order chi connectivity index (χ1) is 16.6. The molecule has 0 unspecified atom stereocenters. The second-order valence-electron chi connectivity index (χ2n) is 8.14. The standard InChI is InChI=1S/C26H23ClN6O/c1-31(25(34)18-33-24-14-8-7-13-23(24)28-30-33)15-21-17-32(16-20-11-5-6-12-22(20)27)29-26(21)19-9-3-2-4-10-19/h2-14,17H,15-16,18H2,1H3. The van der Waals surface area contributed by atoms with Crippen LogP contribution in [0.5, 0.6) is 0 Å². The molecule has 0 spiro atoms. The van der Waals surface area contributed by atoms with Crippen molar-refractivity contribution in [2.24, 2.45) is 0 Å². The lowest BCUT2D eigenvalue weighted by Gasteiger charge is -2.17. The smallest absolute Gasteiger partial charge is 0.244 e. The van der Waals surface area contributed by atoms with E-state index >= 15 is 0 Å². The number of rotatable bonds is 7. The number of carbonyl (C=O) groups excluding carboxylic acids is 1. The number of halogens is 1. The molecule has 8 heteroatoms. The fraction of sp³-hybridized carbons (Fsp3) is 0.154. The van der Waals surface area contributed by atoms with Crippen molar-refractivity contribution in [3.63, 3.8) is 0 Å². The van der Waals surface area contributed by atoms with Gasteiger partial charge in [-0.1, -0.05) is 77.5 Å². The zero-order valence-electron chi connectivity index (χ0n) is 18.7. The number of hydrogen-bond acceptors (Lipinski definition) is 4. The Labute approximate surface area is 202 Å². The van der Waals surface area contributed by atoms with Gasteiger partial charge in [0.2, 0.25) is 5.91 Å². The van der Waals surface area contributed by atoms with Crippen molar-refractivity contribution in [1.82, 2.24) is 29.7 Å². The molecule has 0 atom stereocenters. The maximum absolute atomic E-state index is 13.0. The first-order valence-corrected chi connectivity index (χ1v) is 11.3. The summed E-state index contributed by atoms with van der Waals surface area (Å²) in [5.41, 5.74) is 5.39. The zero-order chi connectivity index (χ0) is 23.5. The van der Waals surface area contributed by atoms with Crippen molar-refractivity contribution in [3.8, 4) is 11.3 Å². The number of para-hydroxylation sites is 1. The molecule has 170 valence electrons. The molecule has 34 heavy (non-hydrogen) atoms. The van der Waals surface area contributed by atoms with Crippen LogP contribution >= 0.6 is 11.6 Å². The first kappa shape index (κ1) is 21.9. The molecule has 0 bridgehead atoms. The van der Waals surface area contributed by atoms with Crippen LogP contribution in [0.3, 0.4) is 0 Å². The second-order valence-corrected chi connectivity index (χ2v) is 8.55. The quantitative estimate of drug-likeness (QED) is 0.347. The van der Waals surface area contributed by atoms with Crippen LogP contribution in [0, 0.1) is 0 Å². The minimum Gasteiger partial charge on any atom is -0.340 e. The maximum Gasteiger partial charge on any atom is 0.244 e. The van der Waals surface area contributed by atoms with Gasteiger partial charge in [-0.2, -0.15) is 5.10 Å². The number of amides is 1. The lowest BCUT2D eigenvalue weighted by atomic mass is 10.1. The van der Waals surface area contributed by atoms with Crippen LogP contribution in [0.25, 0.3) is 22.3 Å². The van der Waals surface area contributed by atoms with E-state index in [-0.39, 0.29) is 12.5 Å². The van der Waals surface area contributed by atoms with Gasteiger partial charge in [-0.15, -0.1) is 5.10 Å². The van der Waals surface area contributed by atoms with E-state index in [0.29, 0.717) is 18.1 Å². The Morgan fingerprint density at radius 1 is 0.941 bits per heavy atom. The molecule has 5 rings (SSSR count). The van der Waals surface area contributed by atoms with Gasteiger partial charge in [0.25, 0.3) is 0 Å². The summed E-state index contributed by atoms with van der Waals surface area (Å²) in [6.07, 6.45) is 1.99. The molecule has 2 heterocycles. The average molecular weight is 471 g/mol. The van der Waals surface area contributed by atoms with Crippen LogP contribution in [0.2, 0.25) is 5.02 Å². The van der Waals surface area contributed by atoms with Crippen molar-refractivity contribution in [2.75, 3.05) is 7.05 Å². The highest BCUT2D eigenvalue weighted by molar-refractivity contribution is 6.31. The summed E-state index contributed by atoms with van der Waals surface area (Å²) in [5, 5.41) is 13.8. The molecular formula is C26H23ClN6O. The van der Waals surface area contributed by atoms with Crippen LogP contribution in [0.15, 0.2) is 85.1 Å². The second kappa shape index (κ2) is 9.49. The Bertz CT molecular complexity index is 1440. The topological polar surface area (TPSA) is 68.8 Å². The van der Waals surface area contributed by atoms with Gasteiger partial charge in [0.15, 0.2) is 0 Å². The number of likely N-dealkylation sites (N-methyl/N-ethyl adjacent to an activating group) is 1. The van der Waals surface area contributed by atoms with Crippen LogP contribution in [0.1, 0.15) is 11.1 Å². The van der Waals surface area contributed by atoms with Gasteiger partial charge in [0.05, 0.1) is 17.8 Å². The summed E-state index contributed by atoms with van der Waals surface area (Å²) in [4.78, 5) is 14.7. The molecule has 2 aromatic heterocycles. The first-order valence-electron chi connectivity index (χ1n) is 11.0. The molecule has 0 radical (unpaired) electrons. The maximum atomic E-state index is 13.0. The molecule has 0 N–H and O–H groups in total. The van der Waals surface area contributed by atoms with Gasteiger partial charge >= 0.3 is 0 Å². The molecule has 0 aliphatic carbocycles. The molecule has 0 saturated heterocycles. The summed E-state index contributed by atoms with van der Waals surface area (Å²) in [5.74, 6) is -0.0616. The van der Waals surface area contributed by atoms with E-state index in [1.165, 1.54) is 0 Å². The summed E-state index contributed by atoms with van der Waals surface area (Å²) < 4.78 is 3.51. The molecular weight excluding hydrogens is 448 g/mol. The molecule has 7 nitrogen and oxygen atoms in total. The van der Waals surface area contributed by atoms with Gasteiger partial charge in [-0.3, -0.25) is 9.48 Å². The third-order valence-electron chi connectivity index (χ3n) is 5.71. The van der Waals surface area contributed by atoms with E-state index in [4.69, 9.17) is 16.7 Å². The fourth-order valence-electron chi connectivity index (χ4n) is 3.93. The van der Waals surface area contributed by atoms with Crippen LogP contribution in [-0.2, 0) is 24.4 Å². The zero-order valence-corrected chi connectivity index (χ0v) is 19.4. The minimum absolute atomic E-state index is 0.0616. The Balaban J connectivity index is 1.39. The number of nitrogens with zero attached hydrogens (tertiary/aromatic N) is 6. The van der Waals surface area contributed by atoms with Crippen LogP contribution < -0.4 is 0 Å². The van der Waals surface area contributed by atoms with Crippen molar-refractivity contribution < 1.29 is 4.79 Å². The van der Waals surface area contributed by atoms with Crippen molar-refractivity contribution in [3.05, 3.63) is 101 Å². The van der Waals surface area contributed by atoms with Crippen molar-refractivity contribution in [2.45, 2.75) is 19.6 Å². The SMILES string of the molecule is CN(Cc1cn(Cc2ccccc2Cl)nc1-c1ccccc1)C(=O)Cn1nnc2ccccc21. The largest absolute Gasteiger partial charge is 0.340 e. The van der Waals surface area contributed by atoms with E-state index in [0.717, 1.165) is 33.4 Å². The van der Waals surface area contributed by atoms with Crippen LogP contribution in [0.4, 0.5) is 0 Å². The Kier molecular flexibility index (Phi) is 6.10. The highest BCUT2D eigenvalue weighted by Gasteiger charge is 2.18. The number of hydrogen-bond donors (Lipinski definition) is 0. The predicted molar refractivity (Wildman–Crippen MR) is 132 cm³/mol. The molecule has 3 aromatic carbocycles. The van der Waals surface area contributed by atoms with Crippen molar-refractivity contribution in [1.29, 1.82) is 0 Å². The third-order valence-corrected chi connectivity index (χ3v) is 6.08. The molecule has 0 saturated carbocycles. The van der Waals surface area contributed by atoms with E-state index in [9.17, 15) is 4.79 Å². The van der Waals surface area contributed by atoms with Gasteiger partial charge in [0.1, 0.15) is 12.1 Å². The lowest BCUT2D eigenvalue weighted by Crippen LogP contribution is -2.30. The third kappa shape index (κ3) is 4.56. The predicted octanol–water partition coefficient (Wildman–Crippen LogP) is 4.66. The van der Waals surface area contributed by atoms with Crippen LogP contribution in [-0.4, -0.2) is 42.6 Å². The molecule has 0 aliphatic heterocycles. The summed E-state index contributed by atoms with van der Waals surface area (Å²) in [6, 6.07) is 25.3. The Morgan fingerprint density at radius 3 is 2.50 bits per heavy atom. The average Bonchev–Trinajstić information content (AvgIpc) is 3.45. The Hall–Kier alpha value is -3.97. The van der Waals surface area contributed by atoms with Gasteiger partial charge in [-0.25, -0.2) is 4.68 Å². The van der Waals surface area contributed by atoms with E-state index in [1.54, 1.807) is 16.6 Å². The Morgan fingerprint density at radius 2 is 1.68 bits per heavy atom. The number of fused-ring (bicyclic) bond motifs is 1. The monoisotopic (exact) mass is 470 g/mol. The van der Waals surface area contributed by atoms with E-state index in [2.05, 4.69) is 10.3 Å². The number of carbonyl (C=O) groups is 1. The highest BCUT2D eigenvalue weighted by Crippen LogP contribution is 2.25. The normalized spacial score (nSPS) is 11.1. The molecule has 0 aliphatic rings. The summed E-state index contributed by atoms with van der Waals surface area (Å²) in [7, 11) is 1.79. The van der Waals surface area contributed by atoms with Gasteiger partial charge in [0, 0.05) is 35.9 Å². The summed E-state index contributed by atoms with van der Waals surface area (Å²) >= 11 is 6.37. The highest BCUT2D eigenvalue weighted by atomic mass is 35.5. The van der Waals surface area contributed by atoms with E-state index in [1.807, 2.05) is 89.7 Å². The van der Waals surface area contributed by atoms with Crippen molar-refractivity contribution >= 4 is 28.5 Å². The van der Waals surface area contributed by atoms with E-state index < -0.39 is 0 Å². The molecule has 5 aromatic rings. The minimum atomic E-state index is -0.0616. The number of aromatic nitrogens is 5. The number of benzene rings is 3. The lowest BCUT2D eigenvalue weighted by molar-refractivity contribution is -0.131. The molecule has 0 fully saturated rings. The van der Waals surface area contributed by atoms with Gasteiger partial charge in [-0.05, 0) is 23.8 Å².